The summed E-state index contributed by atoms with van der Waals surface area (Å²) in [5.41, 5.74) is 2.09. The molecule has 1 heterocycles. The number of hydrogen-bond donors (Lipinski definition) is 2. The summed E-state index contributed by atoms with van der Waals surface area (Å²) in [6.45, 7) is 7.67. The largest absolute Gasteiger partial charge is 0.375 e. The average Bonchev–Trinajstić information content (AvgIpc) is 2.67. The second kappa shape index (κ2) is 11.0. The Morgan fingerprint density at radius 3 is 2.68 bits per heavy atom. The lowest BCUT2D eigenvalue weighted by Crippen LogP contribution is -2.38. The molecule has 0 saturated heterocycles. The predicted octanol–water partition coefficient (Wildman–Crippen LogP) is 2.71. The van der Waals surface area contributed by atoms with Crippen LogP contribution < -0.4 is 10.6 Å². The van der Waals surface area contributed by atoms with E-state index in [1.54, 1.807) is 6.20 Å². The van der Waals surface area contributed by atoms with Crippen molar-refractivity contribution in [2.75, 3.05) is 20.3 Å². The Balaban J connectivity index is 1.93. The molecule has 6 heteroatoms. The van der Waals surface area contributed by atoms with Crippen LogP contribution in [0.15, 0.2) is 36.0 Å². The van der Waals surface area contributed by atoms with Gasteiger partial charge < -0.3 is 15.4 Å². The molecule has 3 atom stereocenters. The molecule has 2 amide bonds. The average molecular weight is 388 g/mol. The van der Waals surface area contributed by atoms with Gasteiger partial charge in [0.1, 0.15) is 6.61 Å². The van der Waals surface area contributed by atoms with Crippen LogP contribution in [0.2, 0.25) is 0 Å². The van der Waals surface area contributed by atoms with Gasteiger partial charge in [-0.2, -0.15) is 0 Å². The number of nitrogens with one attached hydrogen (secondary N) is 2. The van der Waals surface area contributed by atoms with Crippen LogP contribution in [0, 0.1) is 23.7 Å². The van der Waals surface area contributed by atoms with E-state index < -0.39 is 0 Å². The normalized spacial score (nSPS) is 21.9. The van der Waals surface area contributed by atoms with Gasteiger partial charge in [0.25, 0.3) is 0 Å². The number of ether oxygens (including phenoxy) is 1. The molecule has 1 aliphatic carbocycles. The maximum Gasteiger partial charge on any atom is 0.246 e. The Labute approximate surface area is 168 Å². The van der Waals surface area contributed by atoms with Crippen LogP contribution in [0.25, 0.3) is 0 Å². The second-order valence-electron chi connectivity index (χ2n) is 7.95. The van der Waals surface area contributed by atoms with Crippen LogP contribution in [0.4, 0.5) is 0 Å². The van der Waals surface area contributed by atoms with Gasteiger partial charge in [-0.1, -0.05) is 31.6 Å². The van der Waals surface area contributed by atoms with E-state index in [1.165, 1.54) is 12.7 Å². The summed E-state index contributed by atoms with van der Waals surface area (Å²) in [5, 5.41) is 5.93. The number of methoxy groups -OCH3 is 1. The van der Waals surface area contributed by atoms with Gasteiger partial charge >= 0.3 is 0 Å². The van der Waals surface area contributed by atoms with Gasteiger partial charge in [-0.15, -0.1) is 0 Å². The van der Waals surface area contributed by atoms with Gasteiger partial charge in [0.2, 0.25) is 11.8 Å². The first-order chi connectivity index (χ1) is 13.4. The molecule has 28 heavy (non-hydrogen) atoms. The van der Waals surface area contributed by atoms with Crippen molar-refractivity contribution >= 4 is 11.8 Å². The summed E-state index contributed by atoms with van der Waals surface area (Å²) in [5.74, 6) is 1.40. The number of amides is 2. The zero-order valence-electron chi connectivity index (χ0n) is 17.4. The molecule has 0 spiro atoms. The molecule has 1 aliphatic rings. The Morgan fingerprint density at radius 2 is 2.04 bits per heavy atom. The van der Waals surface area contributed by atoms with Crippen molar-refractivity contribution in [3.8, 4) is 0 Å². The Bertz CT molecular complexity index is 673. The molecule has 0 saturated carbocycles. The van der Waals surface area contributed by atoms with E-state index in [1.807, 2.05) is 18.2 Å². The topological polar surface area (TPSA) is 80.3 Å². The highest BCUT2D eigenvalue weighted by Gasteiger charge is 2.32. The lowest BCUT2D eigenvalue weighted by atomic mass is 9.69. The maximum absolute atomic E-state index is 12.4. The molecule has 0 aromatic carbocycles. The number of nitrogens with zero attached hydrogens (tertiary/aromatic N) is 1. The summed E-state index contributed by atoms with van der Waals surface area (Å²) in [6.07, 6.45) is 5.43. The standard InChI is InChI=1S/C22H33N3O3/c1-15(2)20-10-17(11-21(26)25-13-19-7-5-6-8-23-19)16(3)9-18(20)12-24-22(27)14-28-4/h5-9,15,17-18,20H,10-14H2,1-4H3,(H,24,27)(H,25,26). The lowest BCUT2D eigenvalue weighted by molar-refractivity contribution is -0.125. The van der Waals surface area contributed by atoms with Gasteiger partial charge in [-0.25, -0.2) is 0 Å². The molecule has 0 fully saturated rings. The smallest absolute Gasteiger partial charge is 0.246 e. The SMILES string of the molecule is COCC(=O)NCC1C=C(C)C(CC(=O)NCc2ccccn2)CC1C(C)C. The highest BCUT2D eigenvalue weighted by atomic mass is 16.5. The first-order valence-electron chi connectivity index (χ1n) is 10.0. The first-order valence-corrected chi connectivity index (χ1v) is 10.0. The summed E-state index contributed by atoms with van der Waals surface area (Å²) in [6, 6.07) is 5.69. The molecule has 1 aromatic rings. The zero-order valence-corrected chi connectivity index (χ0v) is 17.4. The monoisotopic (exact) mass is 387 g/mol. The molecule has 3 unspecified atom stereocenters. The molecule has 2 N–H and O–H groups in total. The van der Waals surface area contributed by atoms with Crippen molar-refractivity contribution < 1.29 is 14.3 Å². The molecule has 0 radical (unpaired) electrons. The summed E-state index contributed by atoms with van der Waals surface area (Å²) < 4.78 is 4.88. The number of allylic oxidation sites excluding steroid dienone is 1. The molecule has 6 nitrogen and oxygen atoms in total. The van der Waals surface area contributed by atoms with Gasteiger partial charge in [-0.3, -0.25) is 14.6 Å². The fraction of sp³-hybridized carbons (Fsp3) is 0.591. The predicted molar refractivity (Wildman–Crippen MR) is 109 cm³/mol. The molecule has 0 aliphatic heterocycles. The van der Waals surface area contributed by atoms with Crippen LogP contribution in [0.5, 0.6) is 0 Å². The van der Waals surface area contributed by atoms with E-state index in [0.717, 1.165) is 12.1 Å². The van der Waals surface area contributed by atoms with Gasteiger partial charge in [0, 0.05) is 26.3 Å². The minimum atomic E-state index is -0.0907. The van der Waals surface area contributed by atoms with E-state index in [9.17, 15) is 9.59 Å². The van der Waals surface area contributed by atoms with Crippen molar-refractivity contribution in [1.82, 2.24) is 15.6 Å². The van der Waals surface area contributed by atoms with E-state index in [-0.39, 0.29) is 30.3 Å². The minimum absolute atomic E-state index is 0.0535. The Kier molecular flexibility index (Phi) is 8.64. The Hall–Kier alpha value is -2.21. The fourth-order valence-corrected chi connectivity index (χ4v) is 3.91. The van der Waals surface area contributed by atoms with Crippen molar-refractivity contribution in [3.05, 3.63) is 41.7 Å². The molecule has 154 valence electrons. The van der Waals surface area contributed by atoms with Crippen molar-refractivity contribution in [3.63, 3.8) is 0 Å². The fourth-order valence-electron chi connectivity index (χ4n) is 3.91. The molecular weight excluding hydrogens is 354 g/mol. The van der Waals surface area contributed by atoms with Gasteiger partial charge in [0.05, 0.1) is 12.2 Å². The molecular formula is C22H33N3O3. The third-order valence-electron chi connectivity index (χ3n) is 5.52. The summed E-state index contributed by atoms with van der Waals surface area (Å²) in [7, 11) is 1.52. The van der Waals surface area contributed by atoms with Crippen LogP contribution in [-0.2, 0) is 20.9 Å². The van der Waals surface area contributed by atoms with Crippen molar-refractivity contribution in [1.29, 1.82) is 0 Å². The summed E-state index contributed by atoms with van der Waals surface area (Å²) in [4.78, 5) is 28.4. The number of carbonyl (C=O) groups is 2. The zero-order chi connectivity index (χ0) is 20.5. The minimum Gasteiger partial charge on any atom is -0.375 e. The number of carbonyl (C=O) groups excluding carboxylic acids is 2. The maximum atomic E-state index is 12.4. The molecule has 2 rings (SSSR count). The van der Waals surface area contributed by atoms with Gasteiger partial charge in [-0.05, 0) is 49.1 Å². The molecule has 1 aromatic heterocycles. The third-order valence-corrected chi connectivity index (χ3v) is 5.52. The van der Waals surface area contributed by atoms with Crippen LogP contribution in [-0.4, -0.2) is 37.1 Å². The van der Waals surface area contributed by atoms with E-state index in [4.69, 9.17) is 4.74 Å². The second-order valence-corrected chi connectivity index (χ2v) is 7.95. The highest BCUT2D eigenvalue weighted by molar-refractivity contribution is 5.77. The van der Waals surface area contributed by atoms with Crippen molar-refractivity contribution in [2.45, 2.75) is 40.2 Å². The lowest BCUT2D eigenvalue weighted by Gasteiger charge is -2.37. The number of aromatic nitrogens is 1. The van der Waals surface area contributed by atoms with Crippen molar-refractivity contribution in [2.24, 2.45) is 23.7 Å². The third kappa shape index (κ3) is 6.75. The van der Waals surface area contributed by atoms with E-state index in [2.05, 4.69) is 42.5 Å². The summed E-state index contributed by atoms with van der Waals surface area (Å²) >= 11 is 0. The Morgan fingerprint density at radius 1 is 1.25 bits per heavy atom. The quantitative estimate of drug-likeness (QED) is 0.639. The first kappa shape index (κ1) is 22.1. The highest BCUT2D eigenvalue weighted by Crippen LogP contribution is 2.38. The van der Waals surface area contributed by atoms with Crippen LogP contribution in [0.1, 0.15) is 39.3 Å². The van der Waals surface area contributed by atoms with E-state index in [0.29, 0.717) is 31.3 Å². The van der Waals surface area contributed by atoms with Crippen LogP contribution >= 0.6 is 0 Å². The number of pyridine rings is 1. The van der Waals surface area contributed by atoms with Gasteiger partial charge in [0.15, 0.2) is 0 Å². The number of hydrogen-bond acceptors (Lipinski definition) is 4. The van der Waals surface area contributed by atoms with E-state index >= 15 is 0 Å². The van der Waals surface area contributed by atoms with Crippen LogP contribution in [0.3, 0.4) is 0 Å². The molecule has 0 bridgehead atoms. The number of rotatable bonds is 9.